The van der Waals surface area contributed by atoms with E-state index >= 15 is 0 Å². The fourth-order valence-corrected chi connectivity index (χ4v) is 4.01. The maximum atomic E-state index is 12.7. The first kappa shape index (κ1) is 21.7. The van der Waals surface area contributed by atoms with Gasteiger partial charge in [-0.1, -0.05) is 48.5 Å². The predicted octanol–water partition coefficient (Wildman–Crippen LogP) is 2.25. The van der Waals surface area contributed by atoms with Crippen molar-refractivity contribution < 1.29 is 9.59 Å². The smallest absolute Gasteiger partial charge is 0.290 e. The highest BCUT2D eigenvalue weighted by Crippen LogP contribution is 2.21. The van der Waals surface area contributed by atoms with Crippen LogP contribution in [0.15, 0.2) is 60.7 Å². The number of hydrogen-bond acceptors (Lipinski definition) is 5. The molecule has 0 saturated carbocycles. The lowest BCUT2D eigenvalue weighted by Crippen LogP contribution is -2.42. The minimum atomic E-state index is -0.300. The summed E-state index contributed by atoms with van der Waals surface area (Å²) in [6.07, 6.45) is 2.62. The maximum Gasteiger partial charge on any atom is 0.290 e. The van der Waals surface area contributed by atoms with Crippen LogP contribution in [-0.2, 0) is 4.79 Å². The highest BCUT2D eigenvalue weighted by atomic mass is 16.2. The third kappa shape index (κ3) is 5.20. The Balaban J connectivity index is 1.39. The molecule has 8 heteroatoms. The largest absolute Gasteiger partial charge is 0.369 e. The maximum absolute atomic E-state index is 12.7. The van der Waals surface area contributed by atoms with Gasteiger partial charge in [-0.15, -0.1) is 5.10 Å². The van der Waals surface area contributed by atoms with Crippen LogP contribution in [0.5, 0.6) is 0 Å². The molecule has 1 aliphatic rings. The van der Waals surface area contributed by atoms with E-state index in [0.717, 1.165) is 43.6 Å². The molecule has 0 aliphatic carbocycles. The fraction of sp³-hybridized carbons (Fsp3) is 0.333. The van der Waals surface area contributed by atoms with Crippen LogP contribution in [0.25, 0.3) is 17.1 Å². The van der Waals surface area contributed by atoms with Crippen LogP contribution >= 0.6 is 0 Å². The second-order valence-electron chi connectivity index (χ2n) is 8.02. The van der Waals surface area contributed by atoms with Gasteiger partial charge in [0.2, 0.25) is 11.7 Å². The number of aromatic nitrogens is 3. The molecule has 3 aromatic rings. The van der Waals surface area contributed by atoms with Crippen molar-refractivity contribution in [2.24, 2.45) is 11.7 Å². The van der Waals surface area contributed by atoms with E-state index in [1.807, 2.05) is 60.7 Å². The zero-order chi connectivity index (χ0) is 22.3. The SMILES string of the molecule is NC(=O)C1CCCN(CCCNC(=O)c2nc(-c3ccccc3)n(-c3ccccc3)n2)C1. The molecule has 32 heavy (non-hydrogen) atoms. The summed E-state index contributed by atoms with van der Waals surface area (Å²) in [4.78, 5) is 30.9. The Morgan fingerprint density at radius 3 is 2.50 bits per heavy atom. The summed E-state index contributed by atoms with van der Waals surface area (Å²) in [5.74, 6) is 0.163. The van der Waals surface area contributed by atoms with Gasteiger partial charge in [0.1, 0.15) is 0 Å². The normalized spacial score (nSPS) is 16.6. The number of para-hydroxylation sites is 1. The molecule has 166 valence electrons. The van der Waals surface area contributed by atoms with Crippen molar-refractivity contribution in [2.75, 3.05) is 26.2 Å². The van der Waals surface area contributed by atoms with E-state index in [4.69, 9.17) is 5.73 Å². The van der Waals surface area contributed by atoms with Gasteiger partial charge in [0.25, 0.3) is 5.91 Å². The van der Waals surface area contributed by atoms with Crippen molar-refractivity contribution in [3.63, 3.8) is 0 Å². The number of hydrogen-bond donors (Lipinski definition) is 2. The average molecular weight is 433 g/mol. The van der Waals surface area contributed by atoms with E-state index in [0.29, 0.717) is 18.9 Å². The van der Waals surface area contributed by atoms with E-state index in [1.54, 1.807) is 4.68 Å². The van der Waals surface area contributed by atoms with E-state index in [-0.39, 0.29) is 23.6 Å². The second kappa shape index (κ2) is 10.2. The molecule has 3 N–H and O–H groups in total. The van der Waals surface area contributed by atoms with Crippen LogP contribution in [0.2, 0.25) is 0 Å². The molecule has 1 saturated heterocycles. The van der Waals surface area contributed by atoms with Crippen molar-refractivity contribution in [3.05, 3.63) is 66.5 Å². The summed E-state index contributed by atoms with van der Waals surface area (Å²) in [6.45, 7) is 2.98. The Hall–Kier alpha value is -3.52. The molecule has 0 bridgehead atoms. The minimum absolute atomic E-state index is 0.0686. The van der Waals surface area contributed by atoms with Gasteiger partial charge in [-0.2, -0.15) is 0 Å². The lowest BCUT2D eigenvalue weighted by molar-refractivity contribution is -0.123. The molecule has 2 aromatic carbocycles. The van der Waals surface area contributed by atoms with Gasteiger partial charge in [-0.3, -0.25) is 9.59 Å². The number of nitrogens with zero attached hydrogens (tertiary/aromatic N) is 4. The Kier molecular flexibility index (Phi) is 6.91. The monoisotopic (exact) mass is 432 g/mol. The number of nitrogens with two attached hydrogens (primary N) is 1. The van der Waals surface area contributed by atoms with Crippen LogP contribution < -0.4 is 11.1 Å². The summed E-state index contributed by atoms with van der Waals surface area (Å²) < 4.78 is 1.70. The molecule has 1 aromatic heterocycles. The number of piperidine rings is 1. The van der Waals surface area contributed by atoms with Gasteiger partial charge in [0, 0.05) is 18.7 Å². The number of likely N-dealkylation sites (tertiary alicyclic amines) is 1. The summed E-state index contributed by atoms with van der Waals surface area (Å²) in [5, 5.41) is 7.41. The van der Waals surface area contributed by atoms with Gasteiger partial charge < -0.3 is 16.0 Å². The Labute approximate surface area is 187 Å². The zero-order valence-corrected chi connectivity index (χ0v) is 18.0. The van der Waals surface area contributed by atoms with E-state index in [2.05, 4.69) is 20.3 Å². The van der Waals surface area contributed by atoms with Gasteiger partial charge >= 0.3 is 0 Å². The van der Waals surface area contributed by atoms with Crippen molar-refractivity contribution in [1.29, 1.82) is 0 Å². The van der Waals surface area contributed by atoms with Crippen molar-refractivity contribution in [1.82, 2.24) is 25.0 Å². The minimum Gasteiger partial charge on any atom is -0.369 e. The van der Waals surface area contributed by atoms with Crippen molar-refractivity contribution >= 4 is 11.8 Å². The molecular formula is C24H28N6O2. The predicted molar refractivity (Wildman–Crippen MR) is 122 cm³/mol. The standard InChI is InChI=1S/C24H28N6O2/c25-21(31)19-11-7-15-29(17-19)16-8-14-26-24(32)22-27-23(18-9-3-1-4-10-18)30(28-22)20-12-5-2-6-13-20/h1-6,9-10,12-13,19H,7-8,11,14-17H2,(H2,25,31)(H,26,32). The summed E-state index contributed by atoms with van der Waals surface area (Å²) in [6, 6.07) is 19.3. The average Bonchev–Trinajstić information content (AvgIpc) is 3.29. The lowest BCUT2D eigenvalue weighted by Gasteiger charge is -2.31. The first-order valence-electron chi connectivity index (χ1n) is 11.0. The van der Waals surface area contributed by atoms with E-state index < -0.39 is 0 Å². The topological polar surface area (TPSA) is 106 Å². The number of primary amides is 1. The van der Waals surface area contributed by atoms with Crippen LogP contribution in [0.3, 0.4) is 0 Å². The first-order chi connectivity index (χ1) is 15.6. The third-order valence-corrected chi connectivity index (χ3v) is 5.69. The van der Waals surface area contributed by atoms with Crippen molar-refractivity contribution in [3.8, 4) is 17.1 Å². The van der Waals surface area contributed by atoms with Gasteiger partial charge in [0.05, 0.1) is 11.6 Å². The van der Waals surface area contributed by atoms with Crippen LogP contribution in [0, 0.1) is 5.92 Å². The highest BCUT2D eigenvalue weighted by Gasteiger charge is 2.23. The number of carbonyl (C=O) groups excluding carboxylic acids is 2. The molecule has 8 nitrogen and oxygen atoms in total. The number of carbonyl (C=O) groups is 2. The van der Waals surface area contributed by atoms with Crippen LogP contribution in [0.1, 0.15) is 29.9 Å². The molecular weight excluding hydrogens is 404 g/mol. The van der Waals surface area contributed by atoms with Crippen molar-refractivity contribution in [2.45, 2.75) is 19.3 Å². The first-order valence-corrected chi connectivity index (χ1v) is 11.0. The van der Waals surface area contributed by atoms with Crippen LogP contribution in [-0.4, -0.2) is 57.7 Å². The molecule has 4 rings (SSSR count). The molecule has 2 amide bonds. The van der Waals surface area contributed by atoms with E-state index in [1.165, 1.54) is 0 Å². The van der Waals surface area contributed by atoms with Crippen LogP contribution in [0.4, 0.5) is 0 Å². The molecule has 0 radical (unpaired) electrons. The number of amides is 2. The molecule has 0 spiro atoms. The number of rotatable bonds is 8. The number of benzene rings is 2. The Morgan fingerprint density at radius 2 is 1.78 bits per heavy atom. The molecule has 1 unspecified atom stereocenters. The summed E-state index contributed by atoms with van der Waals surface area (Å²) in [5.41, 5.74) is 7.17. The molecule has 2 heterocycles. The summed E-state index contributed by atoms with van der Waals surface area (Å²) >= 11 is 0. The number of nitrogens with one attached hydrogen (secondary N) is 1. The van der Waals surface area contributed by atoms with E-state index in [9.17, 15) is 9.59 Å². The Morgan fingerprint density at radius 1 is 1.06 bits per heavy atom. The second-order valence-corrected chi connectivity index (χ2v) is 8.02. The third-order valence-electron chi connectivity index (χ3n) is 5.69. The lowest BCUT2D eigenvalue weighted by atomic mass is 9.97. The van der Waals surface area contributed by atoms with Gasteiger partial charge in [0.15, 0.2) is 5.82 Å². The molecule has 1 fully saturated rings. The molecule has 1 aliphatic heterocycles. The quantitative estimate of drug-likeness (QED) is 0.531. The summed E-state index contributed by atoms with van der Waals surface area (Å²) in [7, 11) is 0. The molecule has 1 atom stereocenters. The Bertz CT molecular complexity index is 994. The zero-order valence-electron chi connectivity index (χ0n) is 18.0. The fourth-order valence-electron chi connectivity index (χ4n) is 4.01. The van der Waals surface area contributed by atoms with Gasteiger partial charge in [-0.05, 0) is 44.5 Å². The highest BCUT2D eigenvalue weighted by molar-refractivity contribution is 5.91. The van der Waals surface area contributed by atoms with Gasteiger partial charge in [-0.25, -0.2) is 9.67 Å².